The van der Waals surface area contributed by atoms with Crippen LogP contribution >= 0.6 is 11.6 Å². The Kier molecular flexibility index (Phi) is 51.2. The maximum Gasteiger partial charge on any atom is 1.00 e. The van der Waals surface area contributed by atoms with Gasteiger partial charge in [0, 0.05) is 29.0 Å². The van der Waals surface area contributed by atoms with Crippen molar-refractivity contribution in [3.05, 3.63) is 431 Å². The molecular weight excluding hydrogens is 1650 g/mol. The van der Waals surface area contributed by atoms with Gasteiger partial charge in [-0.2, -0.15) is 6.42 Å². The van der Waals surface area contributed by atoms with Crippen molar-refractivity contribution in [1.29, 1.82) is 0 Å². The number of hydrogen-bond donors (Lipinski definition) is 0. The van der Waals surface area contributed by atoms with Gasteiger partial charge in [0.1, 0.15) is 0 Å². The van der Waals surface area contributed by atoms with E-state index in [4.69, 9.17) is 32.6 Å². The number of methoxy groups -OCH3 is 2. The van der Waals surface area contributed by atoms with E-state index in [-0.39, 0.29) is 42.2 Å². The molecule has 0 spiro atoms. The van der Waals surface area contributed by atoms with E-state index in [0.29, 0.717) is 17.4 Å². The largest absolute Gasteiger partial charge is 1.00 e. The van der Waals surface area contributed by atoms with Crippen LogP contribution in [-0.2, 0) is 54.7 Å². The maximum absolute atomic E-state index is 12.7. The summed E-state index contributed by atoms with van der Waals surface area (Å²) >= 11 is 4.60. The number of rotatable bonds is 16. The van der Waals surface area contributed by atoms with E-state index in [0.717, 1.165) is 40.5 Å². The number of carbonyl (C=O) groups excluding carboxylic acids is 2. The smallest absolute Gasteiger partial charge is 0.343 e. The first-order chi connectivity index (χ1) is 62.6. The average Bonchev–Trinajstić information content (AvgIpc) is 1.34. The van der Waals surface area contributed by atoms with E-state index in [1.165, 1.54) is 235 Å². The van der Waals surface area contributed by atoms with E-state index >= 15 is 0 Å². The Labute approximate surface area is 791 Å². The molecule has 129 heavy (non-hydrogen) atoms. The molecular formula is C116H106ClCrLiO10. The van der Waals surface area contributed by atoms with Gasteiger partial charge in [0.2, 0.25) is 0 Å². The Bertz CT molecular complexity index is 5350. The van der Waals surface area contributed by atoms with Gasteiger partial charge in [0.05, 0.1) is 19.8 Å². The van der Waals surface area contributed by atoms with Crippen LogP contribution in [0.25, 0.3) is 100 Å². The SMILES string of the molecule is C1=CC=C(c2ccc(-c3ccc(-c4ccccc4)cc3)cc2)C=1.C1=CC=C(c2ccc(-c3ccc(-c4ccccc4)cc3)cc2)C=1.COC(=O)Cl.COC(=O)c1cc(-c2ccc(C3CCCC3)cc2)ccc1-c1ccc(C2CCCC2)cc1.[C-]#[O+].[C-]#[O+].[C-]#[O+].[C-]#[O+].[C-]#[O+].[C-]#[O+].[CH2-]CCC.[Cr].[Li+].c1cc(-c2ccc(C3CCCC3)cc2)ccc1-c1ccc(C2CCCC2)cc1. The molecule has 0 radical (unpaired) electrons. The van der Waals surface area contributed by atoms with Crippen molar-refractivity contribution in [1.82, 2.24) is 0 Å². The third-order valence-electron chi connectivity index (χ3n) is 23.4. The second-order valence-electron chi connectivity index (χ2n) is 30.8. The summed E-state index contributed by atoms with van der Waals surface area (Å²) in [5.41, 5.74) is 36.3. The fourth-order valence-corrected chi connectivity index (χ4v) is 16.6. The van der Waals surface area contributed by atoms with E-state index in [1.54, 1.807) is 0 Å². The van der Waals surface area contributed by atoms with Crippen molar-refractivity contribution in [3.63, 3.8) is 0 Å². The third kappa shape index (κ3) is 32.9. The van der Waals surface area contributed by atoms with Gasteiger partial charge >= 0.3 is 98.1 Å². The van der Waals surface area contributed by atoms with Crippen LogP contribution < -0.4 is 18.9 Å². The van der Waals surface area contributed by atoms with Gasteiger partial charge in [-0.25, -0.2) is 9.59 Å². The number of ether oxygens (including phenoxy) is 2. The van der Waals surface area contributed by atoms with Crippen molar-refractivity contribution in [2.24, 2.45) is 0 Å². The topological polar surface area (TPSA) is 172 Å². The Morgan fingerprint density at radius 1 is 0.326 bits per heavy atom. The van der Waals surface area contributed by atoms with Crippen LogP contribution in [0.3, 0.4) is 0 Å². The minimum atomic E-state index is -0.773. The van der Waals surface area contributed by atoms with Crippen LogP contribution in [0.4, 0.5) is 4.79 Å². The molecule has 6 aliphatic carbocycles. The normalized spacial score (nSPS) is 13.2. The van der Waals surface area contributed by atoms with Crippen LogP contribution in [0.2, 0.25) is 0 Å². The molecule has 10 nitrogen and oxygen atoms in total. The molecule has 12 aromatic rings. The molecule has 644 valence electrons. The summed E-state index contributed by atoms with van der Waals surface area (Å²) in [5.74, 6) is 2.71. The van der Waals surface area contributed by atoms with Gasteiger partial charge < -0.3 is 16.4 Å². The molecule has 0 heterocycles. The number of hydrogen-bond acceptors (Lipinski definition) is 4. The van der Waals surface area contributed by atoms with Gasteiger partial charge in [-0.15, -0.1) is 11.5 Å². The summed E-state index contributed by atoms with van der Waals surface area (Å²) in [6.07, 6.45) is 36.0. The van der Waals surface area contributed by atoms with Gasteiger partial charge in [-0.1, -0.05) is 356 Å². The van der Waals surface area contributed by atoms with E-state index in [1.807, 2.05) is 42.5 Å². The first-order valence-corrected chi connectivity index (χ1v) is 43.2. The van der Waals surface area contributed by atoms with Crippen molar-refractivity contribution in [2.45, 2.75) is 146 Å². The molecule has 0 N–H and O–H groups in total. The molecule has 6 aliphatic rings. The fourth-order valence-electron chi connectivity index (χ4n) is 16.6. The standard InChI is InChI=1S/C30H32O2.C28H30.2C23H16.C4H9.C2H3ClO2.6CO.Cr.Li/c1-32-30(31)29-20-27(25-12-10-23(11-13-25)21-6-2-3-7-21)18-19-28(29)26-16-14-24(15-17-26)22-8-4-5-9-22;1-2-6-21(5-1)23-9-13-25(14-10-23)27-17-19-28(20-18-27)26-15-11-24(12-16-26)22-7-3-4-8-22;2*1-2-6-18(7-3-1)20-10-14-22(15-11-20)23-16-12-21(13-17-23)19-8-4-5-9-19;1-3-4-2;1-5-2(3)4;6*1-2;;/h10-22H,2-9H2,1H3;9-22H,1-8H2;2*1-4,6-17H;1,3-4H2,2H3;1H3;;;;;;;;/q;;;;-1;;;;;;;;;+1. The summed E-state index contributed by atoms with van der Waals surface area (Å²) in [6.45, 7) is 32.7. The number of carbonyl (C=O) groups is 2. The first-order valence-electron chi connectivity index (χ1n) is 42.9. The molecule has 0 aliphatic heterocycles. The van der Waals surface area contributed by atoms with E-state index < -0.39 is 5.43 Å². The Hall–Kier alpha value is -12.0. The minimum absolute atomic E-state index is 0. The third-order valence-corrected chi connectivity index (χ3v) is 23.5. The van der Waals surface area contributed by atoms with Crippen LogP contribution in [0.15, 0.2) is 345 Å². The number of unbranched alkanes of at least 4 members (excludes halogenated alkanes) is 1. The molecule has 13 heteroatoms. The molecule has 0 saturated heterocycles. The molecule has 12 aromatic carbocycles. The van der Waals surface area contributed by atoms with E-state index in [2.05, 4.69) is 373 Å². The van der Waals surface area contributed by atoms with Crippen LogP contribution in [-0.4, -0.2) is 25.6 Å². The monoisotopic (exact) mass is 1750 g/mol. The van der Waals surface area contributed by atoms with Crippen LogP contribution in [0.5, 0.6) is 0 Å². The summed E-state index contributed by atoms with van der Waals surface area (Å²) in [4.78, 5) is 22.0. The molecule has 18 rings (SSSR count). The summed E-state index contributed by atoms with van der Waals surface area (Å²) in [6, 6.07) is 107. The minimum Gasteiger partial charge on any atom is -0.343 e. The fraction of sp³-hybridized carbons (Fsp3) is 0.216. The first kappa shape index (κ1) is 107. The predicted molar refractivity (Wildman–Crippen MR) is 509 cm³/mol. The zero-order chi connectivity index (χ0) is 91.3. The quantitative estimate of drug-likeness (QED) is 0.0234. The Morgan fingerprint density at radius 2 is 0.527 bits per heavy atom. The van der Waals surface area contributed by atoms with Crippen LogP contribution in [0.1, 0.15) is 190 Å². The zero-order valence-electron chi connectivity index (χ0n) is 73.9. The van der Waals surface area contributed by atoms with E-state index in [9.17, 15) is 9.59 Å². The maximum atomic E-state index is 12.7. The van der Waals surface area contributed by atoms with Crippen molar-refractivity contribution in [2.75, 3.05) is 14.2 Å². The van der Waals surface area contributed by atoms with Crippen LogP contribution in [0, 0.1) is 46.8 Å². The van der Waals surface area contributed by atoms with Gasteiger partial charge in [-0.05, 0) is 251 Å². The summed E-state index contributed by atoms with van der Waals surface area (Å²) < 4.78 is 54.0. The molecule has 0 atom stereocenters. The summed E-state index contributed by atoms with van der Waals surface area (Å²) in [7, 11) is 2.67. The zero-order valence-corrected chi connectivity index (χ0v) is 75.9. The second kappa shape index (κ2) is 61.4. The van der Waals surface area contributed by atoms with Gasteiger partial charge in [0.25, 0.3) is 0 Å². The average molecular weight is 1750 g/mol. The molecule has 4 fully saturated rings. The van der Waals surface area contributed by atoms with Crippen molar-refractivity contribution >= 4 is 34.1 Å². The summed E-state index contributed by atoms with van der Waals surface area (Å²) in [5, 5.41) is 0. The molecule has 0 unspecified atom stereocenters. The molecule has 0 amide bonds. The number of allylic oxidation sites excluding steroid dienone is 6. The number of benzene rings is 12. The van der Waals surface area contributed by atoms with Gasteiger partial charge in [-0.3, -0.25) is 0 Å². The molecule has 0 bridgehead atoms. The van der Waals surface area contributed by atoms with Gasteiger partial charge in [0.15, 0.2) is 0 Å². The van der Waals surface area contributed by atoms with Crippen molar-refractivity contribution < 1.29 is 83.2 Å². The molecule has 4 saturated carbocycles. The number of halogens is 1. The number of esters is 1. The Morgan fingerprint density at radius 3 is 0.736 bits per heavy atom. The second-order valence-corrected chi connectivity index (χ2v) is 31.1. The molecule has 0 aromatic heterocycles. The van der Waals surface area contributed by atoms with Crippen molar-refractivity contribution in [3.8, 4) is 89.0 Å². The Balaban J connectivity index is 0.000000284. The predicted octanol–water partition coefficient (Wildman–Crippen LogP) is 28.1.